The average Bonchev–Trinajstić information content (AvgIpc) is 3.08. The van der Waals surface area contributed by atoms with Crippen LogP contribution >= 0.6 is 0 Å². The largest absolute Gasteiger partial charge is 0.488 e. The first-order valence-corrected chi connectivity index (χ1v) is 8.57. The molecule has 1 aliphatic rings. The van der Waals surface area contributed by atoms with Crippen molar-refractivity contribution in [3.8, 4) is 5.75 Å². The summed E-state index contributed by atoms with van der Waals surface area (Å²) in [6.45, 7) is 1.35. The first-order chi connectivity index (χ1) is 12.3. The van der Waals surface area contributed by atoms with E-state index in [1.807, 2.05) is 36.4 Å². The van der Waals surface area contributed by atoms with Crippen molar-refractivity contribution in [3.63, 3.8) is 0 Å². The summed E-state index contributed by atoms with van der Waals surface area (Å²) in [5, 5.41) is 6.66. The van der Waals surface area contributed by atoms with Crippen molar-refractivity contribution in [2.24, 2.45) is 4.99 Å². The smallest absolute Gasteiger partial charge is 0.191 e. The zero-order chi connectivity index (χ0) is 17.5. The minimum Gasteiger partial charge on any atom is -0.488 e. The van der Waals surface area contributed by atoms with Gasteiger partial charge >= 0.3 is 0 Å². The molecule has 5 nitrogen and oxygen atoms in total. The third-order valence-corrected chi connectivity index (χ3v) is 4.35. The van der Waals surface area contributed by atoms with Crippen molar-refractivity contribution in [2.45, 2.75) is 18.6 Å². The summed E-state index contributed by atoms with van der Waals surface area (Å²) in [6.07, 6.45) is 1.03. The van der Waals surface area contributed by atoms with Crippen LogP contribution in [0.2, 0.25) is 0 Å². The number of benzene rings is 2. The van der Waals surface area contributed by atoms with Crippen LogP contribution in [0.4, 0.5) is 0 Å². The number of fused-ring (bicyclic) bond motifs is 1. The van der Waals surface area contributed by atoms with Crippen molar-refractivity contribution >= 4 is 5.96 Å². The minimum absolute atomic E-state index is 0.0215. The van der Waals surface area contributed by atoms with Crippen LogP contribution in [0.5, 0.6) is 5.75 Å². The van der Waals surface area contributed by atoms with Gasteiger partial charge in [-0.1, -0.05) is 48.5 Å². The van der Waals surface area contributed by atoms with Crippen LogP contribution in [-0.2, 0) is 11.2 Å². The second-order valence-corrected chi connectivity index (χ2v) is 6.02. The van der Waals surface area contributed by atoms with Gasteiger partial charge < -0.3 is 20.1 Å². The Bertz CT molecular complexity index is 678. The Morgan fingerprint density at radius 3 is 2.64 bits per heavy atom. The van der Waals surface area contributed by atoms with E-state index in [9.17, 15) is 0 Å². The fourth-order valence-corrected chi connectivity index (χ4v) is 2.99. The number of methoxy groups -OCH3 is 1. The number of guanidine groups is 1. The maximum Gasteiger partial charge on any atom is 0.191 e. The Morgan fingerprint density at radius 1 is 1.16 bits per heavy atom. The second kappa shape index (κ2) is 8.53. The van der Waals surface area contributed by atoms with E-state index in [1.54, 1.807) is 14.2 Å². The van der Waals surface area contributed by atoms with E-state index in [2.05, 4.69) is 33.8 Å². The van der Waals surface area contributed by atoms with Crippen LogP contribution in [0.25, 0.3) is 0 Å². The standard InChI is InChI=1S/C20H25N3O2/c1-21-20(23-14-19(24-2)15-8-4-3-5-9-15)22-13-17-12-16-10-6-7-11-18(16)25-17/h3-11,17,19H,12-14H2,1-2H3,(H2,21,22,23). The molecule has 0 saturated heterocycles. The fourth-order valence-electron chi connectivity index (χ4n) is 2.99. The third-order valence-electron chi connectivity index (χ3n) is 4.35. The fraction of sp³-hybridized carbons (Fsp3) is 0.350. The van der Waals surface area contributed by atoms with Crippen LogP contribution in [-0.4, -0.2) is 39.3 Å². The van der Waals surface area contributed by atoms with E-state index in [4.69, 9.17) is 9.47 Å². The molecule has 1 aliphatic heterocycles. The molecule has 2 unspecified atom stereocenters. The van der Waals surface area contributed by atoms with Gasteiger partial charge in [0.15, 0.2) is 5.96 Å². The number of para-hydroxylation sites is 1. The number of nitrogens with zero attached hydrogens (tertiary/aromatic N) is 1. The number of rotatable bonds is 6. The summed E-state index contributed by atoms with van der Waals surface area (Å²) < 4.78 is 11.5. The zero-order valence-corrected chi connectivity index (χ0v) is 14.7. The summed E-state index contributed by atoms with van der Waals surface area (Å²) in [6, 6.07) is 18.4. The van der Waals surface area contributed by atoms with Gasteiger partial charge in [0.1, 0.15) is 11.9 Å². The molecule has 2 N–H and O–H groups in total. The average molecular weight is 339 g/mol. The number of hydrogen-bond acceptors (Lipinski definition) is 3. The SMILES string of the molecule is CN=C(NCC1Cc2ccccc2O1)NCC(OC)c1ccccc1. The van der Waals surface area contributed by atoms with E-state index in [1.165, 1.54) is 5.56 Å². The predicted molar refractivity (Wildman–Crippen MR) is 100 cm³/mol. The zero-order valence-electron chi connectivity index (χ0n) is 14.7. The van der Waals surface area contributed by atoms with Gasteiger partial charge in [0, 0.05) is 27.1 Å². The number of aliphatic imine (C=N–C) groups is 1. The molecule has 2 atom stereocenters. The van der Waals surface area contributed by atoms with Crippen molar-refractivity contribution in [1.29, 1.82) is 0 Å². The summed E-state index contributed by atoms with van der Waals surface area (Å²) in [4.78, 5) is 4.28. The maximum atomic E-state index is 5.95. The van der Waals surface area contributed by atoms with Crippen LogP contribution in [0.15, 0.2) is 59.6 Å². The first kappa shape index (κ1) is 17.3. The van der Waals surface area contributed by atoms with Gasteiger partial charge in [-0.15, -0.1) is 0 Å². The van der Waals surface area contributed by atoms with Gasteiger partial charge in [0.25, 0.3) is 0 Å². The molecule has 0 radical (unpaired) electrons. The summed E-state index contributed by atoms with van der Waals surface area (Å²) >= 11 is 0. The molecule has 2 aromatic rings. The Morgan fingerprint density at radius 2 is 1.92 bits per heavy atom. The molecule has 0 bridgehead atoms. The van der Waals surface area contributed by atoms with Gasteiger partial charge in [-0.05, 0) is 17.2 Å². The molecule has 0 aromatic heterocycles. The van der Waals surface area contributed by atoms with Gasteiger partial charge in [-0.2, -0.15) is 0 Å². The van der Waals surface area contributed by atoms with E-state index < -0.39 is 0 Å². The van der Waals surface area contributed by atoms with Gasteiger partial charge in [-0.25, -0.2) is 0 Å². The molecular weight excluding hydrogens is 314 g/mol. The Kier molecular flexibility index (Phi) is 5.90. The van der Waals surface area contributed by atoms with Gasteiger partial charge in [0.2, 0.25) is 0 Å². The Hall–Kier alpha value is -2.53. The first-order valence-electron chi connectivity index (χ1n) is 8.57. The summed E-state index contributed by atoms with van der Waals surface area (Å²) in [7, 11) is 3.49. The molecule has 5 heteroatoms. The third kappa shape index (κ3) is 4.51. The highest BCUT2D eigenvalue weighted by atomic mass is 16.5. The van der Waals surface area contributed by atoms with E-state index in [0.717, 1.165) is 23.7 Å². The molecule has 0 saturated carbocycles. The molecule has 0 fully saturated rings. The van der Waals surface area contributed by atoms with Gasteiger partial charge in [-0.3, -0.25) is 4.99 Å². The minimum atomic E-state index is -0.0215. The van der Waals surface area contributed by atoms with Crippen LogP contribution < -0.4 is 15.4 Å². The molecule has 0 amide bonds. The lowest BCUT2D eigenvalue weighted by Gasteiger charge is -2.20. The summed E-state index contributed by atoms with van der Waals surface area (Å²) in [5.41, 5.74) is 2.41. The van der Waals surface area contributed by atoms with Crippen LogP contribution in [0, 0.1) is 0 Å². The second-order valence-electron chi connectivity index (χ2n) is 6.02. The number of ether oxygens (including phenoxy) is 2. The van der Waals surface area contributed by atoms with E-state index in [-0.39, 0.29) is 12.2 Å². The molecule has 2 aromatic carbocycles. The lowest BCUT2D eigenvalue weighted by atomic mass is 10.1. The lowest BCUT2D eigenvalue weighted by molar-refractivity contribution is 0.106. The molecule has 0 spiro atoms. The van der Waals surface area contributed by atoms with Crippen LogP contribution in [0.3, 0.4) is 0 Å². The van der Waals surface area contributed by atoms with E-state index in [0.29, 0.717) is 13.1 Å². The topological polar surface area (TPSA) is 54.9 Å². The Labute approximate surface area is 149 Å². The number of hydrogen-bond donors (Lipinski definition) is 2. The maximum absolute atomic E-state index is 5.95. The highest BCUT2D eigenvalue weighted by Gasteiger charge is 2.22. The van der Waals surface area contributed by atoms with Crippen LogP contribution in [0.1, 0.15) is 17.2 Å². The predicted octanol–water partition coefficient (Wildman–Crippen LogP) is 2.54. The monoisotopic (exact) mass is 339 g/mol. The van der Waals surface area contributed by atoms with Crippen molar-refractivity contribution in [3.05, 3.63) is 65.7 Å². The van der Waals surface area contributed by atoms with E-state index >= 15 is 0 Å². The molecular formula is C20H25N3O2. The molecule has 0 aliphatic carbocycles. The summed E-state index contributed by atoms with van der Waals surface area (Å²) in [5.74, 6) is 1.73. The van der Waals surface area contributed by atoms with Crippen molar-refractivity contribution in [2.75, 3.05) is 27.2 Å². The highest BCUT2D eigenvalue weighted by molar-refractivity contribution is 5.79. The normalized spacial score (nSPS) is 17.5. The number of nitrogens with one attached hydrogen (secondary N) is 2. The highest BCUT2D eigenvalue weighted by Crippen LogP contribution is 2.27. The quantitative estimate of drug-likeness (QED) is 0.627. The molecule has 132 valence electrons. The lowest BCUT2D eigenvalue weighted by Crippen LogP contribution is -2.43. The molecule has 3 rings (SSSR count). The van der Waals surface area contributed by atoms with Gasteiger partial charge in [0.05, 0.1) is 12.6 Å². The van der Waals surface area contributed by atoms with Crippen molar-refractivity contribution in [1.82, 2.24) is 10.6 Å². The van der Waals surface area contributed by atoms with Crippen molar-refractivity contribution < 1.29 is 9.47 Å². The molecule has 1 heterocycles. The molecule has 25 heavy (non-hydrogen) atoms. The Balaban J connectivity index is 1.47.